The van der Waals surface area contributed by atoms with Crippen molar-refractivity contribution in [2.24, 2.45) is 5.73 Å². The van der Waals surface area contributed by atoms with Gasteiger partial charge in [-0.05, 0) is 57.9 Å². The van der Waals surface area contributed by atoms with E-state index in [1.807, 2.05) is 0 Å². The van der Waals surface area contributed by atoms with Crippen LogP contribution in [0.4, 0.5) is 10.5 Å². The summed E-state index contributed by atoms with van der Waals surface area (Å²) >= 11 is 0. The molecule has 1 atom stereocenters. The van der Waals surface area contributed by atoms with E-state index in [0.717, 1.165) is 6.42 Å². The average Bonchev–Trinajstić information content (AvgIpc) is 2.95. The number of nitrogens with two attached hydrogens (primary N) is 1. The highest BCUT2D eigenvalue weighted by Crippen LogP contribution is 2.22. The predicted molar refractivity (Wildman–Crippen MR) is 89.6 cm³/mol. The third-order valence-corrected chi connectivity index (χ3v) is 3.62. The van der Waals surface area contributed by atoms with Crippen LogP contribution in [0.3, 0.4) is 0 Å². The smallest absolute Gasteiger partial charge is 0.410 e. The summed E-state index contributed by atoms with van der Waals surface area (Å²) in [5, 5.41) is 2.76. The van der Waals surface area contributed by atoms with Crippen LogP contribution in [0.5, 0.6) is 0 Å². The Labute approximate surface area is 141 Å². The van der Waals surface area contributed by atoms with Gasteiger partial charge in [0.1, 0.15) is 11.6 Å². The highest BCUT2D eigenvalue weighted by Gasteiger charge is 2.36. The molecule has 2 rings (SSSR count). The van der Waals surface area contributed by atoms with Gasteiger partial charge in [0.15, 0.2) is 0 Å². The minimum atomic E-state index is -0.606. The molecule has 0 unspecified atom stereocenters. The number of rotatable bonds is 3. The van der Waals surface area contributed by atoms with Crippen molar-refractivity contribution < 1.29 is 19.1 Å². The van der Waals surface area contributed by atoms with Crippen LogP contribution in [0, 0.1) is 0 Å². The molecular formula is C17H23N3O4. The van der Waals surface area contributed by atoms with E-state index in [1.165, 1.54) is 17.0 Å². The number of carbonyl (C=O) groups excluding carboxylic acids is 3. The van der Waals surface area contributed by atoms with Crippen molar-refractivity contribution in [2.45, 2.75) is 45.3 Å². The van der Waals surface area contributed by atoms with Crippen LogP contribution in [-0.4, -0.2) is 41.0 Å². The van der Waals surface area contributed by atoms with Crippen LogP contribution in [-0.2, 0) is 9.53 Å². The molecule has 24 heavy (non-hydrogen) atoms. The SMILES string of the molecule is CC(C)(C)OC(=O)N1CCC[C@@H]1C(=O)Nc1ccc(C(N)=O)cc1. The molecular weight excluding hydrogens is 310 g/mol. The molecule has 1 aromatic rings. The molecule has 1 heterocycles. The van der Waals surface area contributed by atoms with Crippen molar-refractivity contribution in [1.29, 1.82) is 0 Å². The zero-order valence-electron chi connectivity index (χ0n) is 14.2. The molecule has 1 fully saturated rings. The third kappa shape index (κ3) is 4.47. The number of benzene rings is 1. The quantitative estimate of drug-likeness (QED) is 0.884. The maximum Gasteiger partial charge on any atom is 0.410 e. The van der Waals surface area contributed by atoms with E-state index >= 15 is 0 Å². The van der Waals surface area contributed by atoms with Crippen LogP contribution < -0.4 is 11.1 Å². The largest absolute Gasteiger partial charge is 0.444 e. The number of nitrogens with zero attached hydrogens (tertiary/aromatic N) is 1. The first-order chi connectivity index (χ1) is 11.2. The van der Waals surface area contributed by atoms with E-state index < -0.39 is 23.6 Å². The zero-order valence-corrected chi connectivity index (χ0v) is 14.2. The van der Waals surface area contributed by atoms with Crippen molar-refractivity contribution in [3.8, 4) is 0 Å². The van der Waals surface area contributed by atoms with Gasteiger partial charge in [-0.25, -0.2) is 4.79 Å². The Morgan fingerprint density at radius 2 is 1.83 bits per heavy atom. The number of carbonyl (C=O) groups is 3. The van der Waals surface area contributed by atoms with E-state index in [-0.39, 0.29) is 5.91 Å². The molecule has 1 saturated heterocycles. The molecule has 0 saturated carbocycles. The van der Waals surface area contributed by atoms with Crippen molar-refractivity contribution in [2.75, 3.05) is 11.9 Å². The standard InChI is InChI=1S/C17H23N3O4/c1-17(2,3)24-16(23)20-10-4-5-13(20)15(22)19-12-8-6-11(7-9-12)14(18)21/h6-9,13H,4-5,10H2,1-3H3,(H2,18,21)(H,19,22)/t13-/m1/s1. The zero-order chi connectivity index (χ0) is 17.9. The molecule has 1 aliphatic heterocycles. The number of likely N-dealkylation sites (tertiary alicyclic amines) is 1. The fraction of sp³-hybridized carbons (Fsp3) is 0.471. The number of hydrogen-bond acceptors (Lipinski definition) is 4. The maximum atomic E-state index is 12.5. The van der Waals surface area contributed by atoms with Gasteiger partial charge < -0.3 is 15.8 Å². The maximum absolute atomic E-state index is 12.5. The fourth-order valence-corrected chi connectivity index (χ4v) is 2.52. The Hall–Kier alpha value is -2.57. The Morgan fingerprint density at radius 3 is 2.38 bits per heavy atom. The van der Waals surface area contributed by atoms with E-state index in [1.54, 1.807) is 32.9 Å². The van der Waals surface area contributed by atoms with Gasteiger partial charge in [0, 0.05) is 17.8 Å². The van der Waals surface area contributed by atoms with Gasteiger partial charge in [-0.1, -0.05) is 0 Å². The summed E-state index contributed by atoms with van der Waals surface area (Å²) in [5.74, 6) is -0.801. The highest BCUT2D eigenvalue weighted by atomic mass is 16.6. The van der Waals surface area contributed by atoms with E-state index in [0.29, 0.717) is 24.2 Å². The van der Waals surface area contributed by atoms with Crippen LogP contribution in [0.2, 0.25) is 0 Å². The summed E-state index contributed by atoms with van der Waals surface area (Å²) in [5.41, 5.74) is 5.48. The Morgan fingerprint density at radius 1 is 1.21 bits per heavy atom. The van der Waals surface area contributed by atoms with Crippen LogP contribution in [0.15, 0.2) is 24.3 Å². The summed E-state index contributed by atoms with van der Waals surface area (Å²) in [6.07, 6.45) is 0.854. The fourth-order valence-electron chi connectivity index (χ4n) is 2.52. The highest BCUT2D eigenvalue weighted by molar-refractivity contribution is 5.98. The van der Waals surface area contributed by atoms with Crippen molar-refractivity contribution in [3.63, 3.8) is 0 Å². The third-order valence-electron chi connectivity index (χ3n) is 3.62. The Kier molecular flexibility index (Phi) is 5.11. The van der Waals surface area contributed by atoms with Gasteiger partial charge in [0.05, 0.1) is 0 Å². The lowest BCUT2D eigenvalue weighted by Gasteiger charge is -2.28. The number of hydrogen-bond donors (Lipinski definition) is 2. The first-order valence-electron chi connectivity index (χ1n) is 7.88. The molecule has 130 valence electrons. The average molecular weight is 333 g/mol. The minimum Gasteiger partial charge on any atom is -0.444 e. The normalized spacial score (nSPS) is 17.5. The first kappa shape index (κ1) is 17.8. The van der Waals surface area contributed by atoms with Crippen LogP contribution in [0.25, 0.3) is 0 Å². The molecule has 3 N–H and O–H groups in total. The molecule has 0 bridgehead atoms. The molecule has 0 aromatic heterocycles. The van der Waals surface area contributed by atoms with Crippen molar-refractivity contribution in [3.05, 3.63) is 29.8 Å². The molecule has 0 spiro atoms. The van der Waals surface area contributed by atoms with Gasteiger partial charge in [-0.3, -0.25) is 14.5 Å². The summed E-state index contributed by atoms with van der Waals surface area (Å²) in [4.78, 5) is 37.2. The predicted octanol–water partition coefficient (Wildman–Crippen LogP) is 2.12. The second-order valence-electron chi connectivity index (χ2n) is 6.76. The molecule has 7 nitrogen and oxygen atoms in total. The van der Waals surface area contributed by atoms with Gasteiger partial charge in [-0.15, -0.1) is 0 Å². The van der Waals surface area contributed by atoms with E-state index in [2.05, 4.69) is 5.32 Å². The molecule has 0 radical (unpaired) electrons. The Bertz CT molecular complexity index is 634. The minimum absolute atomic E-state index is 0.273. The molecule has 3 amide bonds. The van der Waals surface area contributed by atoms with Crippen LogP contribution >= 0.6 is 0 Å². The molecule has 0 aliphatic carbocycles. The summed E-state index contributed by atoms with van der Waals surface area (Å²) in [6.45, 7) is 5.86. The van der Waals surface area contributed by atoms with Crippen molar-refractivity contribution >= 4 is 23.6 Å². The van der Waals surface area contributed by atoms with Gasteiger partial charge in [0.2, 0.25) is 11.8 Å². The second kappa shape index (κ2) is 6.90. The lowest BCUT2D eigenvalue weighted by atomic mass is 10.1. The monoisotopic (exact) mass is 333 g/mol. The molecule has 7 heteroatoms. The van der Waals surface area contributed by atoms with Crippen molar-refractivity contribution in [1.82, 2.24) is 4.90 Å². The van der Waals surface area contributed by atoms with Gasteiger partial charge in [0.25, 0.3) is 0 Å². The number of nitrogens with one attached hydrogen (secondary N) is 1. The van der Waals surface area contributed by atoms with E-state index in [9.17, 15) is 14.4 Å². The number of anilines is 1. The van der Waals surface area contributed by atoms with E-state index in [4.69, 9.17) is 10.5 Å². The number of primary amides is 1. The number of amides is 3. The number of ether oxygens (including phenoxy) is 1. The summed E-state index contributed by atoms with van der Waals surface area (Å²) in [6, 6.07) is 5.72. The first-order valence-corrected chi connectivity index (χ1v) is 7.88. The Balaban J connectivity index is 2.02. The van der Waals surface area contributed by atoms with Gasteiger partial charge in [-0.2, -0.15) is 0 Å². The summed E-state index contributed by atoms with van der Waals surface area (Å²) in [7, 11) is 0. The lowest BCUT2D eigenvalue weighted by Crippen LogP contribution is -2.45. The lowest BCUT2D eigenvalue weighted by molar-refractivity contribution is -0.120. The van der Waals surface area contributed by atoms with Crippen LogP contribution in [0.1, 0.15) is 44.0 Å². The molecule has 1 aromatic carbocycles. The molecule has 1 aliphatic rings. The second-order valence-corrected chi connectivity index (χ2v) is 6.76. The topological polar surface area (TPSA) is 102 Å². The summed E-state index contributed by atoms with van der Waals surface area (Å²) < 4.78 is 5.35. The van der Waals surface area contributed by atoms with Gasteiger partial charge >= 0.3 is 6.09 Å².